The Bertz CT molecular complexity index is 1310. The molecule has 2 aromatic carbocycles. The molecule has 0 radical (unpaired) electrons. The van der Waals surface area contributed by atoms with E-state index in [0.29, 0.717) is 5.69 Å². The number of Topliss-reactive ketones (excluding diaryl/α,β-unsaturated/α-hetero) is 1. The number of aliphatic imine (C=N–C) groups is 1. The van der Waals surface area contributed by atoms with Crippen LogP contribution >= 0.6 is 0 Å². The number of amidine groups is 1. The van der Waals surface area contributed by atoms with Crippen LogP contribution in [0.4, 0.5) is 29.1 Å². The van der Waals surface area contributed by atoms with Crippen molar-refractivity contribution in [2.75, 3.05) is 5.32 Å². The Morgan fingerprint density at radius 1 is 1.11 bits per heavy atom. The standard InChI is InChI=1S/C26H23F4N3O2/c1-2-19(24(35)16-8-10-17(11-9-16)26(28,29)30)25(33-22-4-3-5-23(34)32-22)31-21-13-12-18(27)14-20(21)15-6-7-15/h3-5,8-15,19H,2,6-7H2,1H3,(H2,31,32,33,34). The van der Waals surface area contributed by atoms with Gasteiger partial charge in [-0.15, -0.1) is 0 Å². The molecule has 0 aliphatic heterocycles. The van der Waals surface area contributed by atoms with Crippen LogP contribution in [0.5, 0.6) is 0 Å². The van der Waals surface area contributed by atoms with Gasteiger partial charge < -0.3 is 10.3 Å². The molecule has 1 aliphatic carbocycles. The SMILES string of the molecule is CCC(C(=O)c1ccc(C(F)(F)F)cc1)C(=Nc1cccc(=O)[nH]1)Nc1ccc(F)cc1C1CC1. The maximum absolute atomic E-state index is 13.9. The first kappa shape index (κ1) is 24.4. The number of benzene rings is 2. The number of rotatable bonds is 7. The van der Waals surface area contributed by atoms with E-state index >= 15 is 0 Å². The Morgan fingerprint density at radius 2 is 1.83 bits per heavy atom. The molecular formula is C26H23F4N3O2. The van der Waals surface area contributed by atoms with E-state index in [-0.39, 0.29) is 40.9 Å². The second kappa shape index (κ2) is 9.85. The number of ketones is 1. The second-order valence-electron chi connectivity index (χ2n) is 8.43. The molecule has 1 atom stereocenters. The summed E-state index contributed by atoms with van der Waals surface area (Å²) < 4.78 is 52.8. The molecule has 0 bridgehead atoms. The average molecular weight is 485 g/mol. The van der Waals surface area contributed by atoms with Gasteiger partial charge >= 0.3 is 6.18 Å². The summed E-state index contributed by atoms with van der Waals surface area (Å²) in [6.07, 6.45) is -2.40. The summed E-state index contributed by atoms with van der Waals surface area (Å²) in [4.78, 5) is 32.2. The van der Waals surface area contributed by atoms with Crippen LogP contribution in [-0.4, -0.2) is 16.6 Å². The van der Waals surface area contributed by atoms with Gasteiger partial charge in [0.05, 0.1) is 11.5 Å². The third-order valence-corrected chi connectivity index (χ3v) is 5.84. The number of halogens is 4. The molecule has 1 unspecified atom stereocenters. The number of hydrogen-bond acceptors (Lipinski definition) is 3. The highest BCUT2D eigenvalue weighted by Gasteiger charge is 2.32. The summed E-state index contributed by atoms with van der Waals surface area (Å²) in [6, 6.07) is 12.7. The molecule has 1 saturated carbocycles. The fraction of sp³-hybridized carbons (Fsp3) is 0.269. The Morgan fingerprint density at radius 3 is 2.43 bits per heavy atom. The minimum Gasteiger partial charge on any atom is -0.343 e. The van der Waals surface area contributed by atoms with Gasteiger partial charge in [0.2, 0.25) is 5.56 Å². The van der Waals surface area contributed by atoms with Crippen molar-refractivity contribution in [2.45, 2.75) is 38.3 Å². The highest BCUT2D eigenvalue weighted by Crippen LogP contribution is 2.44. The van der Waals surface area contributed by atoms with Crippen molar-refractivity contribution in [1.29, 1.82) is 0 Å². The number of aromatic nitrogens is 1. The molecule has 9 heteroatoms. The average Bonchev–Trinajstić information content (AvgIpc) is 3.65. The highest BCUT2D eigenvalue weighted by atomic mass is 19.4. The van der Waals surface area contributed by atoms with E-state index in [1.165, 1.54) is 24.3 Å². The van der Waals surface area contributed by atoms with E-state index in [0.717, 1.165) is 42.7 Å². The topological polar surface area (TPSA) is 74.3 Å². The van der Waals surface area contributed by atoms with Gasteiger partial charge in [0.15, 0.2) is 5.78 Å². The maximum Gasteiger partial charge on any atom is 0.416 e. The number of alkyl halides is 3. The summed E-state index contributed by atoms with van der Waals surface area (Å²) in [6.45, 7) is 1.75. The van der Waals surface area contributed by atoms with Gasteiger partial charge in [-0.25, -0.2) is 9.38 Å². The summed E-state index contributed by atoms with van der Waals surface area (Å²) in [5, 5.41) is 3.16. The zero-order valence-corrected chi connectivity index (χ0v) is 18.8. The predicted octanol–water partition coefficient (Wildman–Crippen LogP) is 6.46. The zero-order valence-electron chi connectivity index (χ0n) is 18.8. The zero-order chi connectivity index (χ0) is 25.2. The normalized spacial score (nSPS) is 15.1. The molecule has 3 aromatic rings. The van der Waals surface area contributed by atoms with Gasteiger partial charge in [0.25, 0.3) is 0 Å². The van der Waals surface area contributed by atoms with Gasteiger partial charge in [-0.05, 0) is 67.1 Å². The third-order valence-electron chi connectivity index (χ3n) is 5.84. The van der Waals surface area contributed by atoms with Crippen molar-refractivity contribution in [3.05, 3.63) is 93.5 Å². The molecule has 2 N–H and O–H groups in total. The monoisotopic (exact) mass is 485 g/mol. The first-order valence-corrected chi connectivity index (χ1v) is 11.2. The van der Waals surface area contributed by atoms with Crippen LogP contribution in [0.2, 0.25) is 0 Å². The largest absolute Gasteiger partial charge is 0.416 e. The number of carbonyl (C=O) groups excluding carboxylic acids is 1. The molecule has 1 aromatic heterocycles. The number of carbonyl (C=O) groups is 1. The summed E-state index contributed by atoms with van der Waals surface area (Å²) in [5.74, 6) is -1.07. The van der Waals surface area contributed by atoms with Crippen LogP contribution in [0, 0.1) is 11.7 Å². The molecule has 1 heterocycles. The predicted molar refractivity (Wildman–Crippen MR) is 126 cm³/mol. The summed E-state index contributed by atoms with van der Waals surface area (Å²) in [5.41, 5.74) is 0.215. The van der Waals surface area contributed by atoms with Crippen LogP contribution < -0.4 is 10.9 Å². The lowest BCUT2D eigenvalue weighted by molar-refractivity contribution is -0.137. The van der Waals surface area contributed by atoms with Gasteiger partial charge in [-0.1, -0.05) is 25.1 Å². The van der Waals surface area contributed by atoms with E-state index < -0.39 is 23.4 Å². The number of aromatic amines is 1. The van der Waals surface area contributed by atoms with Crippen LogP contribution in [0.1, 0.15) is 53.6 Å². The number of anilines is 1. The molecule has 35 heavy (non-hydrogen) atoms. The lowest BCUT2D eigenvalue weighted by atomic mass is 9.93. The van der Waals surface area contributed by atoms with Crippen LogP contribution in [0.25, 0.3) is 0 Å². The number of pyridine rings is 1. The minimum atomic E-state index is -4.51. The number of H-pyrrole nitrogens is 1. The molecule has 0 saturated heterocycles. The van der Waals surface area contributed by atoms with Crippen molar-refractivity contribution in [1.82, 2.24) is 4.98 Å². The van der Waals surface area contributed by atoms with Gasteiger partial charge in [-0.3, -0.25) is 9.59 Å². The Balaban J connectivity index is 1.73. The van der Waals surface area contributed by atoms with E-state index in [1.807, 2.05) is 0 Å². The lowest BCUT2D eigenvalue weighted by Crippen LogP contribution is -2.30. The molecule has 182 valence electrons. The number of nitrogens with one attached hydrogen (secondary N) is 2. The Labute approximate surface area is 198 Å². The first-order valence-electron chi connectivity index (χ1n) is 11.2. The van der Waals surface area contributed by atoms with E-state index in [9.17, 15) is 27.2 Å². The van der Waals surface area contributed by atoms with E-state index in [4.69, 9.17) is 0 Å². The summed E-state index contributed by atoms with van der Waals surface area (Å²) >= 11 is 0. The van der Waals surface area contributed by atoms with Crippen molar-refractivity contribution < 1.29 is 22.4 Å². The highest BCUT2D eigenvalue weighted by molar-refractivity contribution is 6.16. The van der Waals surface area contributed by atoms with Crippen molar-refractivity contribution in [3.8, 4) is 0 Å². The molecule has 4 rings (SSSR count). The molecule has 0 spiro atoms. The second-order valence-corrected chi connectivity index (χ2v) is 8.43. The quantitative estimate of drug-likeness (QED) is 0.175. The van der Waals surface area contributed by atoms with Crippen molar-refractivity contribution >= 4 is 23.1 Å². The first-order chi connectivity index (χ1) is 16.7. The number of hydrogen-bond donors (Lipinski definition) is 2. The van der Waals surface area contributed by atoms with E-state index in [1.54, 1.807) is 19.1 Å². The fourth-order valence-electron chi connectivity index (χ4n) is 3.87. The smallest absolute Gasteiger partial charge is 0.343 e. The van der Waals surface area contributed by atoms with Gasteiger partial charge in [0, 0.05) is 17.3 Å². The molecule has 0 amide bonds. The Kier molecular flexibility index (Phi) is 6.86. The van der Waals surface area contributed by atoms with Crippen molar-refractivity contribution in [2.24, 2.45) is 10.9 Å². The summed E-state index contributed by atoms with van der Waals surface area (Å²) in [7, 11) is 0. The van der Waals surface area contributed by atoms with Crippen LogP contribution in [-0.2, 0) is 6.18 Å². The number of nitrogens with zero attached hydrogens (tertiary/aromatic N) is 1. The third kappa shape index (κ3) is 5.85. The Hall–Kier alpha value is -3.75. The maximum atomic E-state index is 13.9. The molecule has 1 fully saturated rings. The van der Waals surface area contributed by atoms with Gasteiger partial charge in [0.1, 0.15) is 17.5 Å². The van der Waals surface area contributed by atoms with Crippen molar-refractivity contribution in [3.63, 3.8) is 0 Å². The lowest BCUT2D eigenvalue weighted by Gasteiger charge is -2.21. The molecule has 5 nitrogen and oxygen atoms in total. The fourth-order valence-corrected chi connectivity index (χ4v) is 3.87. The minimum absolute atomic E-state index is 0.0995. The van der Waals surface area contributed by atoms with E-state index in [2.05, 4.69) is 15.3 Å². The van der Waals surface area contributed by atoms with Crippen LogP contribution in [0.3, 0.4) is 0 Å². The van der Waals surface area contributed by atoms with Gasteiger partial charge in [-0.2, -0.15) is 13.2 Å². The van der Waals surface area contributed by atoms with Crippen LogP contribution in [0.15, 0.2) is 70.5 Å². The molecule has 1 aliphatic rings. The molecular weight excluding hydrogens is 462 g/mol.